The van der Waals surface area contributed by atoms with Crippen molar-refractivity contribution in [3.05, 3.63) is 51.6 Å². The van der Waals surface area contributed by atoms with Crippen LogP contribution in [-0.2, 0) is 34.9 Å². The number of hydrogen-bond acceptors (Lipinski definition) is 14. The van der Waals surface area contributed by atoms with Crippen LogP contribution in [0.4, 0.5) is 0 Å². The highest BCUT2D eigenvalue weighted by molar-refractivity contribution is 6.31. The molecule has 15 nitrogen and oxygen atoms in total. The van der Waals surface area contributed by atoms with Crippen molar-refractivity contribution >= 4 is 17.5 Å². The second kappa shape index (κ2) is 12.0. The van der Waals surface area contributed by atoms with E-state index >= 15 is 0 Å². The maximum atomic E-state index is 14.0. The van der Waals surface area contributed by atoms with Crippen LogP contribution in [0.2, 0.25) is 0 Å². The highest BCUT2D eigenvalue weighted by atomic mass is 16.7. The lowest BCUT2D eigenvalue weighted by molar-refractivity contribution is -0.256. The zero-order valence-corrected chi connectivity index (χ0v) is 28.0. The number of nitrogens with two attached hydrogens (primary N) is 1. The molecule has 8 rings (SSSR count). The van der Waals surface area contributed by atoms with Crippen LogP contribution >= 0.6 is 0 Å². The fourth-order valence-corrected chi connectivity index (χ4v) is 8.26. The topological polar surface area (TPSA) is 209 Å². The van der Waals surface area contributed by atoms with Crippen molar-refractivity contribution in [2.45, 2.75) is 93.3 Å². The van der Waals surface area contributed by atoms with Gasteiger partial charge in [-0.3, -0.25) is 19.3 Å². The van der Waals surface area contributed by atoms with Crippen LogP contribution in [-0.4, -0.2) is 120 Å². The molecular formula is C35H41N3O12. The summed E-state index contributed by atoms with van der Waals surface area (Å²) in [6.07, 6.45) is -3.07. The van der Waals surface area contributed by atoms with E-state index in [-0.39, 0.29) is 53.1 Å². The number of fused-ring (bicyclic) bond motifs is 6. The predicted octanol–water partition coefficient (Wildman–Crippen LogP) is 0.757. The van der Waals surface area contributed by atoms with E-state index in [9.17, 15) is 29.7 Å². The molecule has 4 fully saturated rings. The van der Waals surface area contributed by atoms with Gasteiger partial charge in [-0.25, -0.2) is 0 Å². The van der Waals surface area contributed by atoms with Crippen molar-refractivity contribution in [3.8, 4) is 17.2 Å². The lowest BCUT2D eigenvalue weighted by Crippen LogP contribution is -2.56. The van der Waals surface area contributed by atoms with Crippen molar-refractivity contribution in [2.24, 2.45) is 5.73 Å². The summed E-state index contributed by atoms with van der Waals surface area (Å²) in [7, 11) is 2.91. The first-order valence-electron chi connectivity index (χ1n) is 16.9. The van der Waals surface area contributed by atoms with Gasteiger partial charge in [-0.2, -0.15) is 0 Å². The predicted molar refractivity (Wildman–Crippen MR) is 171 cm³/mol. The third kappa shape index (κ3) is 5.13. The number of phenolic OH excluding ortho intramolecular Hbond substituents is 2. The molecule has 6 aliphatic rings. The molecule has 0 aromatic heterocycles. The molecular weight excluding hydrogens is 654 g/mol. The van der Waals surface area contributed by atoms with E-state index in [1.54, 1.807) is 13.2 Å². The fourth-order valence-electron chi connectivity index (χ4n) is 8.26. The van der Waals surface area contributed by atoms with E-state index in [0.29, 0.717) is 19.6 Å². The van der Waals surface area contributed by atoms with Crippen LogP contribution in [0.1, 0.15) is 81.7 Å². The monoisotopic (exact) mass is 695 g/mol. The third-order valence-corrected chi connectivity index (χ3v) is 11.1. The lowest BCUT2D eigenvalue weighted by Gasteiger charge is -2.43. The van der Waals surface area contributed by atoms with Crippen molar-refractivity contribution < 1.29 is 58.1 Å². The molecule has 0 bridgehead atoms. The Morgan fingerprint density at radius 1 is 1.10 bits per heavy atom. The number of aliphatic hydroxyl groups is 1. The summed E-state index contributed by atoms with van der Waals surface area (Å²) in [5.41, 5.74) is 2.51. The number of rotatable bonds is 7. The van der Waals surface area contributed by atoms with Gasteiger partial charge in [0.1, 0.15) is 29.0 Å². The fraction of sp³-hybridized carbons (Fsp3) is 0.571. The number of carbonyl (C=O) groups excluding carboxylic acids is 3. The molecule has 8 atom stereocenters. The number of methoxy groups -OCH3 is 2. The van der Waals surface area contributed by atoms with E-state index in [1.807, 2.05) is 6.92 Å². The van der Waals surface area contributed by atoms with Gasteiger partial charge in [0.25, 0.3) is 5.91 Å². The Morgan fingerprint density at radius 3 is 2.58 bits per heavy atom. The maximum Gasteiger partial charge on any atom is 0.252 e. The summed E-state index contributed by atoms with van der Waals surface area (Å²) in [6.45, 7) is 3.00. The Balaban J connectivity index is 1.18. The van der Waals surface area contributed by atoms with Gasteiger partial charge in [-0.1, -0.05) is 12.1 Å². The zero-order valence-electron chi connectivity index (χ0n) is 28.0. The largest absolute Gasteiger partial charge is 0.507 e. The smallest absolute Gasteiger partial charge is 0.252 e. The molecule has 0 unspecified atom stereocenters. The number of amides is 1. The van der Waals surface area contributed by atoms with Gasteiger partial charge in [0.05, 0.1) is 42.6 Å². The molecule has 2 aromatic rings. The molecule has 3 heterocycles. The van der Waals surface area contributed by atoms with Crippen LogP contribution < -0.4 is 15.8 Å². The molecule has 0 spiro atoms. The van der Waals surface area contributed by atoms with E-state index in [2.05, 4.69) is 10.2 Å². The molecule has 6 N–H and O–H groups in total. The van der Waals surface area contributed by atoms with E-state index in [0.717, 1.165) is 12.8 Å². The minimum absolute atomic E-state index is 0.0131. The number of morpholine rings is 1. The SMILES string of the molecule is COc1cccc2c1C(=O)c1c(O)c3c(c(O)c1C2=O)C[C@@](O)(C(=O)NCC1(N)CC1)C[C@@H]3O[C@H]1C[C@H]2[C@H](O[C@@H]3[C@@H](OC)OCCN32)[C@H](C)O1. The first kappa shape index (κ1) is 33.5. The minimum Gasteiger partial charge on any atom is -0.507 e. The number of benzene rings is 2. The number of ketones is 2. The van der Waals surface area contributed by atoms with Gasteiger partial charge in [0.2, 0.25) is 5.78 Å². The van der Waals surface area contributed by atoms with Crippen LogP contribution in [0.25, 0.3) is 0 Å². The van der Waals surface area contributed by atoms with Crippen LogP contribution in [0, 0.1) is 0 Å². The summed E-state index contributed by atoms with van der Waals surface area (Å²) in [5.74, 6) is -3.27. The van der Waals surface area contributed by atoms with E-state index in [4.69, 9.17) is 34.2 Å². The highest BCUT2D eigenvalue weighted by Gasteiger charge is 2.55. The number of ether oxygens (including phenoxy) is 6. The molecule has 2 aromatic carbocycles. The number of nitrogens with zero attached hydrogens (tertiary/aromatic N) is 1. The molecule has 50 heavy (non-hydrogen) atoms. The number of phenols is 2. The van der Waals surface area contributed by atoms with Crippen molar-refractivity contribution in [3.63, 3.8) is 0 Å². The van der Waals surface area contributed by atoms with Gasteiger partial charge in [0, 0.05) is 67.7 Å². The average Bonchev–Trinajstić information content (AvgIpc) is 3.72. The standard InChI is InChI=1S/C35H41N3O12/c1-15-30-18(38-9-10-47-32(46-3)31(38)50-30)11-21(48-15)49-20-13-35(44,33(43)37-14-34(36)7-8-34)12-17-23(20)29(42)25-24(27(17)40)26(39)16-5-4-6-19(45-2)22(16)28(25)41/h4-6,15,18,20-21,30-32,40,42,44H,7-14,36H2,1-3H3,(H,37,43)/t15-,18-,20-,21-,30+,31+,32-,35-/m0/s1. The molecule has 3 aliphatic carbocycles. The van der Waals surface area contributed by atoms with Crippen molar-refractivity contribution in [1.29, 1.82) is 0 Å². The molecule has 3 saturated heterocycles. The van der Waals surface area contributed by atoms with Crippen molar-refractivity contribution in [2.75, 3.05) is 33.9 Å². The summed E-state index contributed by atoms with van der Waals surface area (Å²) < 4.78 is 35.8. The third-order valence-electron chi connectivity index (χ3n) is 11.1. The second-order valence-corrected chi connectivity index (χ2v) is 14.2. The van der Waals surface area contributed by atoms with Crippen LogP contribution in [0.15, 0.2) is 18.2 Å². The molecule has 15 heteroatoms. The normalized spacial score (nSPS) is 33.8. The molecule has 3 aliphatic heterocycles. The summed E-state index contributed by atoms with van der Waals surface area (Å²) in [4.78, 5) is 43.7. The summed E-state index contributed by atoms with van der Waals surface area (Å²) >= 11 is 0. The van der Waals surface area contributed by atoms with Crippen LogP contribution in [0.3, 0.4) is 0 Å². The first-order valence-corrected chi connectivity index (χ1v) is 16.9. The van der Waals surface area contributed by atoms with Gasteiger partial charge in [0.15, 0.2) is 24.6 Å². The van der Waals surface area contributed by atoms with E-state index < -0.39 is 88.7 Å². The Bertz CT molecular complexity index is 1780. The Hall–Kier alpha value is -3.67. The number of carbonyl (C=O) groups is 3. The number of nitrogens with one attached hydrogen (secondary N) is 1. The van der Waals surface area contributed by atoms with Crippen LogP contribution in [0.5, 0.6) is 17.2 Å². The molecule has 1 saturated carbocycles. The van der Waals surface area contributed by atoms with Crippen molar-refractivity contribution in [1.82, 2.24) is 10.2 Å². The van der Waals surface area contributed by atoms with E-state index in [1.165, 1.54) is 19.2 Å². The zero-order chi connectivity index (χ0) is 35.3. The van der Waals surface area contributed by atoms with Gasteiger partial charge in [-0.05, 0) is 25.8 Å². The maximum absolute atomic E-state index is 14.0. The lowest BCUT2D eigenvalue weighted by atomic mass is 9.72. The van der Waals surface area contributed by atoms with Gasteiger partial charge >= 0.3 is 0 Å². The summed E-state index contributed by atoms with van der Waals surface area (Å²) in [6, 6.07) is 4.34. The molecule has 1 amide bonds. The molecule has 0 radical (unpaired) electrons. The first-order chi connectivity index (χ1) is 23.9. The van der Waals surface area contributed by atoms with Gasteiger partial charge < -0.3 is 54.8 Å². The number of hydrogen-bond donors (Lipinski definition) is 5. The quantitative estimate of drug-likeness (QED) is 0.216. The number of aromatic hydroxyl groups is 2. The average molecular weight is 696 g/mol. The highest BCUT2D eigenvalue weighted by Crippen LogP contribution is 2.53. The Labute approximate surface area is 287 Å². The van der Waals surface area contributed by atoms with Gasteiger partial charge in [-0.15, -0.1) is 0 Å². The Kier molecular flexibility index (Phi) is 8.00. The second-order valence-electron chi connectivity index (χ2n) is 14.2. The Morgan fingerprint density at radius 2 is 1.86 bits per heavy atom. The molecule has 268 valence electrons. The minimum atomic E-state index is -2.15. The summed E-state index contributed by atoms with van der Waals surface area (Å²) in [5, 5.41) is 38.4.